The molecule has 5 fully saturated rings. The summed E-state index contributed by atoms with van der Waals surface area (Å²) in [6.07, 6.45) is 4.15. The van der Waals surface area contributed by atoms with E-state index in [-0.39, 0.29) is 48.8 Å². The zero-order valence-electron chi connectivity index (χ0n) is 30.6. The second kappa shape index (κ2) is 13.7. The van der Waals surface area contributed by atoms with Crippen molar-refractivity contribution in [2.24, 2.45) is 35.5 Å². The fourth-order valence-corrected chi connectivity index (χ4v) is 10.1. The molecule has 0 radical (unpaired) electrons. The van der Waals surface area contributed by atoms with Crippen molar-refractivity contribution in [2.75, 3.05) is 13.7 Å². The number of ether oxygens (including phenoxy) is 6. The molecule has 0 aromatic carbocycles. The van der Waals surface area contributed by atoms with Crippen molar-refractivity contribution in [3.05, 3.63) is 0 Å². The minimum Gasteiger partial charge on any atom is -0.481 e. The SMILES string of the molecule is CCC1(C2OC(C3OC(C)(CO)C(C)CC3C)CC2C)CCC(C2(C)CCC3(CC(O)C(C)C(C(C)C(OC)C(C)C(=O)O)O3)O2)O1. The molecule has 0 aromatic heterocycles. The molecule has 0 amide bonds. The number of carboxylic acids is 1. The third-order valence-electron chi connectivity index (χ3n) is 13.5. The van der Waals surface area contributed by atoms with E-state index in [1.165, 1.54) is 7.11 Å². The van der Waals surface area contributed by atoms with Gasteiger partial charge in [-0.15, -0.1) is 0 Å². The third kappa shape index (κ3) is 6.68. The molecule has 10 nitrogen and oxygen atoms in total. The first-order valence-electron chi connectivity index (χ1n) is 18.4. The number of hydrogen-bond donors (Lipinski definition) is 3. The quantitative estimate of drug-likeness (QED) is 0.280. The van der Waals surface area contributed by atoms with Gasteiger partial charge in [0, 0.05) is 31.8 Å². The van der Waals surface area contributed by atoms with Crippen LogP contribution in [0.2, 0.25) is 0 Å². The second-order valence-electron chi connectivity index (χ2n) is 16.8. The number of hydrogen-bond acceptors (Lipinski definition) is 9. The number of aliphatic carboxylic acids is 1. The molecule has 5 aliphatic rings. The molecule has 0 aliphatic carbocycles. The van der Waals surface area contributed by atoms with E-state index in [9.17, 15) is 20.1 Å². The lowest BCUT2D eigenvalue weighted by atomic mass is 9.77. The molecule has 17 unspecified atom stereocenters. The molecular weight excluding hydrogens is 604 g/mol. The van der Waals surface area contributed by atoms with E-state index < -0.39 is 52.8 Å². The zero-order valence-corrected chi connectivity index (χ0v) is 30.6. The van der Waals surface area contributed by atoms with E-state index in [1.54, 1.807) is 6.92 Å². The van der Waals surface area contributed by atoms with Gasteiger partial charge in [-0.05, 0) is 77.0 Å². The highest BCUT2D eigenvalue weighted by Gasteiger charge is 2.62. The Morgan fingerprint density at radius 2 is 1.70 bits per heavy atom. The molecule has 5 aliphatic heterocycles. The van der Waals surface area contributed by atoms with Gasteiger partial charge in [0.2, 0.25) is 0 Å². The molecular formula is C37H64O10. The van der Waals surface area contributed by atoms with Crippen LogP contribution in [0.5, 0.6) is 0 Å². The Bertz CT molecular complexity index is 1110. The van der Waals surface area contributed by atoms with Crippen LogP contribution in [-0.2, 0) is 33.2 Å². The van der Waals surface area contributed by atoms with Crippen LogP contribution in [0.25, 0.3) is 0 Å². The van der Waals surface area contributed by atoms with Crippen molar-refractivity contribution in [3.8, 4) is 0 Å². The second-order valence-corrected chi connectivity index (χ2v) is 16.8. The standard InChI is InChI=1S/C37H64O10/c1-11-36(32-21(3)17-27(43-32)29-20(2)16-22(4)35(9,19-38)45-29)13-12-28(44-36)34(8)14-15-37(47-34)18-26(39)23(5)31(46-37)24(6)30(42-10)25(7)33(40)41/h20-32,38-39H,11-19H2,1-10H3,(H,40,41). The van der Waals surface area contributed by atoms with Crippen molar-refractivity contribution >= 4 is 5.97 Å². The van der Waals surface area contributed by atoms with Crippen LogP contribution in [0.4, 0.5) is 0 Å². The van der Waals surface area contributed by atoms with Gasteiger partial charge in [0.1, 0.15) is 0 Å². The maximum Gasteiger partial charge on any atom is 0.308 e. The van der Waals surface area contributed by atoms with E-state index in [0.717, 1.165) is 38.5 Å². The first-order chi connectivity index (χ1) is 22.0. The van der Waals surface area contributed by atoms with Crippen molar-refractivity contribution in [2.45, 2.75) is 179 Å². The first-order valence-corrected chi connectivity index (χ1v) is 18.4. The number of carboxylic acid groups (broad SMARTS) is 1. The van der Waals surface area contributed by atoms with Crippen molar-refractivity contribution in [1.82, 2.24) is 0 Å². The molecule has 3 N–H and O–H groups in total. The molecule has 0 saturated carbocycles. The predicted molar refractivity (Wildman–Crippen MR) is 176 cm³/mol. The van der Waals surface area contributed by atoms with Gasteiger partial charge in [-0.25, -0.2) is 0 Å². The Morgan fingerprint density at radius 1 is 1.00 bits per heavy atom. The van der Waals surface area contributed by atoms with Crippen molar-refractivity contribution in [3.63, 3.8) is 0 Å². The summed E-state index contributed by atoms with van der Waals surface area (Å²) >= 11 is 0. The van der Waals surface area contributed by atoms with Crippen LogP contribution in [0.3, 0.4) is 0 Å². The van der Waals surface area contributed by atoms with Crippen LogP contribution in [0.15, 0.2) is 0 Å². The van der Waals surface area contributed by atoms with Crippen LogP contribution >= 0.6 is 0 Å². The first kappa shape index (κ1) is 37.4. The highest BCUT2D eigenvalue weighted by atomic mass is 16.7. The Balaban J connectivity index is 1.29. The zero-order chi connectivity index (χ0) is 34.7. The van der Waals surface area contributed by atoms with Crippen LogP contribution in [0.1, 0.15) is 114 Å². The molecule has 5 rings (SSSR count). The molecule has 47 heavy (non-hydrogen) atoms. The molecule has 5 saturated heterocycles. The topological polar surface area (TPSA) is 133 Å². The normalized spacial score (nSPS) is 50.9. The van der Waals surface area contributed by atoms with Gasteiger partial charge < -0.3 is 43.7 Å². The Morgan fingerprint density at radius 3 is 2.32 bits per heavy atom. The van der Waals surface area contributed by atoms with Crippen LogP contribution in [0, 0.1) is 35.5 Å². The molecule has 1 spiro atoms. The van der Waals surface area contributed by atoms with Crippen LogP contribution < -0.4 is 0 Å². The lowest BCUT2D eigenvalue weighted by Crippen LogP contribution is -2.57. The number of aliphatic hydroxyl groups excluding tert-OH is 2. The van der Waals surface area contributed by atoms with Gasteiger partial charge in [-0.2, -0.15) is 0 Å². The Kier molecular flexibility index (Phi) is 10.9. The number of aliphatic hydroxyl groups is 2. The summed E-state index contributed by atoms with van der Waals surface area (Å²) < 4.78 is 40.1. The van der Waals surface area contributed by atoms with Gasteiger partial charge in [0.05, 0.1) is 72.1 Å². The highest BCUT2D eigenvalue weighted by Crippen LogP contribution is 2.55. The van der Waals surface area contributed by atoms with E-state index in [0.29, 0.717) is 24.7 Å². The lowest BCUT2D eigenvalue weighted by Gasteiger charge is -2.49. The summed E-state index contributed by atoms with van der Waals surface area (Å²) in [5, 5.41) is 31.2. The molecule has 5 heterocycles. The van der Waals surface area contributed by atoms with Gasteiger partial charge >= 0.3 is 5.97 Å². The van der Waals surface area contributed by atoms with E-state index in [2.05, 4.69) is 34.6 Å². The minimum atomic E-state index is -0.974. The Labute approximate surface area is 282 Å². The molecule has 17 atom stereocenters. The van der Waals surface area contributed by atoms with E-state index in [4.69, 9.17) is 28.4 Å². The minimum absolute atomic E-state index is 0.000580. The number of carbonyl (C=O) groups is 1. The summed E-state index contributed by atoms with van der Waals surface area (Å²) in [4.78, 5) is 11.8. The summed E-state index contributed by atoms with van der Waals surface area (Å²) in [7, 11) is 1.54. The van der Waals surface area contributed by atoms with E-state index >= 15 is 0 Å². The monoisotopic (exact) mass is 668 g/mol. The average molecular weight is 669 g/mol. The Hall–Kier alpha value is -0.850. The van der Waals surface area contributed by atoms with Gasteiger partial charge in [0.15, 0.2) is 5.79 Å². The average Bonchev–Trinajstić information content (AvgIpc) is 3.73. The molecule has 0 aromatic rings. The van der Waals surface area contributed by atoms with Crippen molar-refractivity contribution in [1.29, 1.82) is 0 Å². The van der Waals surface area contributed by atoms with E-state index in [1.807, 2.05) is 20.8 Å². The van der Waals surface area contributed by atoms with Gasteiger partial charge in [-0.3, -0.25) is 4.79 Å². The fraction of sp³-hybridized carbons (Fsp3) is 0.973. The van der Waals surface area contributed by atoms with Gasteiger partial charge in [-0.1, -0.05) is 41.5 Å². The summed E-state index contributed by atoms with van der Waals surface area (Å²) in [6.45, 7) is 18.6. The maximum atomic E-state index is 11.8. The van der Waals surface area contributed by atoms with Gasteiger partial charge in [0.25, 0.3) is 0 Å². The number of methoxy groups -OCH3 is 1. The maximum absolute atomic E-state index is 11.8. The molecule has 10 heteroatoms. The summed E-state index contributed by atoms with van der Waals surface area (Å²) in [5.41, 5.74) is -1.61. The third-order valence-corrected chi connectivity index (χ3v) is 13.5. The fourth-order valence-electron chi connectivity index (χ4n) is 10.1. The summed E-state index contributed by atoms with van der Waals surface area (Å²) in [5.74, 6) is -2.19. The predicted octanol–water partition coefficient (Wildman–Crippen LogP) is 5.34. The van der Waals surface area contributed by atoms with Crippen LogP contribution in [-0.4, -0.2) is 100 Å². The number of rotatable bonds is 10. The lowest BCUT2D eigenvalue weighted by molar-refractivity contribution is -0.335. The smallest absolute Gasteiger partial charge is 0.308 e. The highest BCUT2D eigenvalue weighted by molar-refractivity contribution is 5.70. The largest absolute Gasteiger partial charge is 0.481 e. The van der Waals surface area contributed by atoms with Crippen molar-refractivity contribution < 1.29 is 48.5 Å². The molecule has 0 bridgehead atoms. The summed E-state index contributed by atoms with van der Waals surface area (Å²) in [6, 6.07) is 0. The molecule has 272 valence electrons.